The molecular formula is C41H44F2N4O2. The molecule has 8 rings (SSSR count). The Bertz CT molecular complexity index is 1860. The molecule has 0 spiro atoms. The van der Waals surface area contributed by atoms with Gasteiger partial charge in [-0.2, -0.15) is 0 Å². The predicted molar refractivity (Wildman–Crippen MR) is 190 cm³/mol. The van der Waals surface area contributed by atoms with Gasteiger partial charge in [-0.15, -0.1) is 0 Å². The van der Waals surface area contributed by atoms with Crippen molar-refractivity contribution in [2.45, 2.75) is 38.1 Å². The van der Waals surface area contributed by atoms with E-state index in [2.05, 4.69) is 39.0 Å². The van der Waals surface area contributed by atoms with Crippen molar-refractivity contribution in [3.8, 4) is 5.75 Å². The quantitative estimate of drug-likeness (QED) is 0.218. The molecule has 0 saturated carbocycles. The summed E-state index contributed by atoms with van der Waals surface area (Å²) in [5, 5.41) is 0. The number of carbonyl (C=O) groups is 1. The fraction of sp³-hybridized carbons (Fsp3) is 0.390. The highest BCUT2D eigenvalue weighted by Crippen LogP contribution is 2.47. The Morgan fingerprint density at radius 1 is 0.796 bits per heavy atom. The lowest BCUT2D eigenvalue weighted by atomic mass is 9.75. The summed E-state index contributed by atoms with van der Waals surface area (Å²) in [5.41, 5.74) is 7.40. The zero-order chi connectivity index (χ0) is 33.6. The van der Waals surface area contributed by atoms with Crippen LogP contribution in [0.15, 0.2) is 78.9 Å². The van der Waals surface area contributed by atoms with Crippen molar-refractivity contribution in [2.75, 3.05) is 69.3 Å². The number of hydrogen-bond acceptors (Lipinski definition) is 5. The number of anilines is 2. The maximum absolute atomic E-state index is 16.0. The van der Waals surface area contributed by atoms with Crippen LogP contribution < -0.4 is 14.5 Å². The molecule has 2 fully saturated rings. The minimum Gasteiger partial charge on any atom is -0.493 e. The van der Waals surface area contributed by atoms with E-state index in [1.165, 1.54) is 11.8 Å². The molecule has 8 heteroatoms. The lowest BCUT2D eigenvalue weighted by Gasteiger charge is -2.40. The summed E-state index contributed by atoms with van der Waals surface area (Å²) >= 11 is 0. The van der Waals surface area contributed by atoms with Crippen molar-refractivity contribution in [3.63, 3.8) is 0 Å². The van der Waals surface area contributed by atoms with E-state index in [0.717, 1.165) is 92.2 Å². The molecule has 0 aliphatic carbocycles. The maximum Gasteiger partial charge on any atom is 0.254 e. The van der Waals surface area contributed by atoms with Gasteiger partial charge in [-0.05, 0) is 90.4 Å². The Morgan fingerprint density at radius 3 is 2.35 bits per heavy atom. The summed E-state index contributed by atoms with van der Waals surface area (Å²) in [5.74, 6) is 0.974. The number of amides is 1. The van der Waals surface area contributed by atoms with Crippen LogP contribution in [0.25, 0.3) is 0 Å². The van der Waals surface area contributed by atoms with Crippen LogP contribution in [-0.4, -0.2) is 75.2 Å². The number of halogens is 2. The summed E-state index contributed by atoms with van der Waals surface area (Å²) in [6, 6.07) is 25.3. The van der Waals surface area contributed by atoms with Crippen LogP contribution in [-0.2, 0) is 6.54 Å². The molecule has 2 saturated heterocycles. The smallest absolute Gasteiger partial charge is 0.254 e. The summed E-state index contributed by atoms with van der Waals surface area (Å²) in [6.45, 7) is 9.73. The van der Waals surface area contributed by atoms with E-state index in [-0.39, 0.29) is 29.4 Å². The lowest BCUT2D eigenvalue weighted by molar-refractivity contribution is 0.0816. The predicted octanol–water partition coefficient (Wildman–Crippen LogP) is 7.21. The highest BCUT2D eigenvalue weighted by Gasteiger charge is 2.35. The second-order valence-corrected chi connectivity index (χ2v) is 14.4. The number of nitrogens with zero attached hydrogens (tertiary/aromatic N) is 4. The van der Waals surface area contributed by atoms with Gasteiger partial charge in [0.15, 0.2) is 0 Å². The molecule has 6 nitrogen and oxygen atoms in total. The number of ether oxygens (including phenoxy) is 1. The zero-order valence-corrected chi connectivity index (χ0v) is 28.4. The van der Waals surface area contributed by atoms with Crippen molar-refractivity contribution < 1.29 is 18.3 Å². The molecule has 4 aliphatic heterocycles. The van der Waals surface area contributed by atoms with Gasteiger partial charge >= 0.3 is 0 Å². The third-order valence-electron chi connectivity index (χ3n) is 11.3. The normalized spacial score (nSPS) is 21.5. The van der Waals surface area contributed by atoms with Crippen LogP contribution in [0, 0.1) is 24.5 Å². The van der Waals surface area contributed by atoms with Gasteiger partial charge in [-0.25, -0.2) is 8.78 Å². The van der Waals surface area contributed by atoms with E-state index >= 15 is 4.39 Å². The monoisotopic (exact) mass is 662 g/mol. The summed E-state index contributed by atoms with van der Waals surface area (Å²) in [4.78, 5) is 21.3. The van der Waals surface area contributed by atoms with Crippen molar-refractivity contribution in [3.05, 3.63) is 124 Å². The van der Waals surface area contributed by atoms with Gasteiger partial charge in [0.1, 0.15) is 17.4 Å². The highest BCUT2D eigenvalue weighted by atomic mass is 19.1. The first-order valence-electron chi connectivity index (χ1n) is 17.7. The first-order chi connectivity index (χ1) is 23.8. The van der Waals surface area contributed by atoms with Crippen molar-refractivity contribution in [1.82, 2.24) is 9.80 Å². The van der Waals surface area contributed by atoms with Crippen LogP contribution >= 0.6 is 0 Å². The Kier molecular flexibility index (Phi) is 8.52. The van der Waals surface area contributed by atoms with E-state index in [4.69, 9.17) is 4.74 Å². The Balaban J connectivity index is 0.897. The zero-order valence-electron chi connectivity index (χ0n) is 28.4. The van der Waals surface area contributed by atoms with E-state index < -0.39 is 0 Å². The second-order valence-electron chi connectivity index (χ2n) is 14.4. The molecule has 2 atom stereocenters. The topological polar surface area (TPSA) is 39.3 Å². The molecular weight excluding hydrogens is 618 g/mol. The number of hydrogen-bond donors (Lipinski definition) is 0. The Labute approximate surface area is 287 Å². The first-order valence-corrected chi connectivity index (χ1v) is 17.7. The largest absolute Gasteiger partial charge is 0.493 e. The summed E-state index contributed by atoms with van der Waals surface area (Å²) in [7, 11) is 1.86. The fourth-order valence-corrected chi connectivity index (χ4v) is 8.49. The number of fused-ring (bicyclic) bond motifs is 2. The third kappa shape index (κ3) is 6.16. The SMILES string of the molecule is Cc1cc(C2COc3ccccc3C2c2ccc(N3CCC(CN4CCN(c5ccc6c(c5)CN(C)C6=O)CC4)CC3)c(F)c2)ccc1F. The molecule has 49 heavy (non-hydrogen) atoms. The first kappa shape index (κ1) is 31.8. The van der Waals surface area contributed by atoms with Crippen LogP contribution in [0.5, 0.6) is 5.75 Å². The Morgan fingerprint density at radius 2 is 1.57 bits per heavy atom. The van der Waals surface area contributed by atoms with E-state index in [1.807, 2.05) is 49.5 Å². The minimum atomic E-state index is -0.224. The second kappa shape index (κ2) is 13.1. The summed E-state index contributed by atoms with van der Waals surface area (Å²) in [6.07, 6.45) is 2.10. The molecule has 4 aliphatic rings. The molecule has 0 N–H and O–H groups in total. The lowest BCUT2D eigenvalue weighted by Crippen LogP contribution is -2.49. The van der Waals surface area contributed by atoms with Crippen LogP contribution in [0.1, 0.15) is 62.9 Å². The summed E-state index contributed by atoms with van der Waals surface area (Å²) < 4.78 is 36.3. The van der Waals surface area contributed by atoms with Gasteiger partial charge in [-0.1, -0.05) is 36.4 Å². The van der Waals surface area contributed by atoms with Crippen LogP contribution in [0.4, 0.5) is 20.2 Å². The average Bonchev–Trinajstić information content (AvgIpc) is 3.41. The highest BCUT2D eigenvalue weighted by molar-refractivity contribution is 5.98. The molecule has 1 amide bonds. The van der Waals surface area contributed by atoms with Crippen LogP contribution in [0.2, 0.25) is 0 Å². The van der Waals surface area contributed by atoms with Crippen molar-refractivity contribution >= 4 is 17.3 Å². The van der Waals surface area contributed by atoms with Gasteiger partial charge in [0.25, 0.3) is 5.91 Å². The van der Waals surface area contributed by atoms with Crippen molar-refractivity contribution in [1.29, 1.82) is 0 Å². The molecule has 4 aromatic carbocycles. The molecule has 0 bridgehead atoms. The van der Waals surface area contributed by atoms with Crippen molar-refractivity contribution in [2.24, 2.45) is 5.92 Å². The van der Waals surface area contributed by atoms with Gasteiger partial charge in [0, 0.05) is 88.1 Å². The number of piperazine rings is 1. The van der Waals surface area contributed by atoms with E-state index in [0.29, 0.717) is 30.3 Å². The Hall–Kier alpha value is -4.43. The van der Waals surface area contributed by atoms with Gasteiger partial charge in [0.05, 0.1) is 12.3 Å². The molecule has 0 aromatic heterocycles. The fourth-order valence-electron chi connectivity index (χ4n) is 8.49. The van der Waals surface area contributed by atoms with Gasteiger partial charge in [0.2, 0.25) is 0 Å². The molecule has 0 radical (unpaired) electrons. The molecule has 4 aromatic rings. The molecule has 2 unspecified atom stereocenters. The van der Waals surface area contributed by atoms with Crippen LogP contribution in [0.3, 0.4) is 0 Å². The standard InChI is InChI=1S/C41H44F2N4O2/c1-27-21-29(7-11-36(27)42)35-26-49-39-6-4-3-5-34(39)40(35)30-8-12-38(37(43)23-30)47-15-13-28(14-16-47)24-45-17-19-46(20-18-45)32-9-10-33-31(22-32)25-44(2)41(33)48/h3-12,21-23,28,35,40H,13-20,24-26H2,1-2H3. The number of benzene rings is 4. The van der Waals surface area contributed by atoms with Gasteiger partial charge < -0.3 is 19.4 Å². The number of rotatable bonds is 6. The third-order valence-corrected chi connectivity index (χ3v) is 11.3. The minimum absolute atomic E-state index is 0.0573. The average molecular weight is 663 g/mol. The number of piperidine rings is 1. The van der Waals surface area contributed by atoms with E-state index in [1.54, 1.807) is 17.9 Å². The van der Waals surface area contributed by atoms with E-state index in [9.17, 15) is 9.18 Å². The number of para-hydroxylation sites is 1. The molecule has 4 heterocycles. The molecule has 254 valence electrons. The number of aryl methyl sites for hydroxylation is 1. The van der Waals surface area contributed by atoms with Gasteiger partial charge in [-0.3, -0.25) is 9.69 Å². The number of carbonyl (C=O) groups excluding carboxylic acids is 1. The maximum atomic E-state index is 16.0.